The highest BCUT2D eigenvalue weighted by atomic mass is 32.2. The molecular weight excluding hydrogens is 258 g/mol. The van der Waals surface area contributed by atoms with E-state index >= 15 is 0 Å². The van der Waals surface area contributed by atoms with Gasteiger partial charge in [-0.25, -0.2) is 13.1 Å². The first kappa shape index (κ1) is 13.1. The summed E-state index contributed by atoms with van der Waals surface area (Å²) in [5.41, 5.74) is 0. The van der Waals surface area contributed by atoms with Crippen molar-refractivity contribution in [3.63, 3.8) is 0 Å². The van der Waals surface area contributed by atoms with Crippen LogP contribution in [0.4, 0.5) is 0 Å². The summed E-state index contributed by atoms with van der Waals surface area (Å²) in [6.45, 7) is 2.02. The molecule has 2 aliphatic rings. The van der Waals surface area contributed by atoms with E-state index in [4.69, 9.17) is 0 Å². The van der Waals surface area contributed by atoms with E-state index in [-0.39, 0.29) is 6.04 Å². The molecule has 0 saturated heterocycles. The smallest absolute Gasteiger partial charge is 0.208 e. The molecule has 1 N–H and O–H groups in total. The lowest BCUT2D eigenvalue weighted by Gasteiger charge is -2.28. The topological polar surface area (TPSA) is 46.2 Å². The molecule has 0 spiro atoms. The van der Waals surface area contributed by atoms with Crippen LogP contribution in [-0.2, 0) is 10.0 Å². The summed E-state index contributed by atoms with van der Waals surface area (Å²) >= 11 is 0. The van der Waals surface area contributed by atoms with Crippen molar-refractivity contribution in [1.82, 2.24) is 4.72 Å². The van der Waals surface area contributed by atoms with Gasteiger partial charge in [0.15, 0.2) is 0 Å². The minimum absolute atomic E-state index is 0.0421. The average molecular weight is 279 g/mol. The Morgan fingerprint density at radius 1 is 1.16 bits per heavy atom. The maximum absolute atomic E-state index is 12.3. The fourth-order valence-electron chi connectivity index (χ4n) is 3.91. The average Bonchev–Trinajstić information content (AvgIpc) is 3.01. The number of sulfonamides is 1. The molecule has 19 heavy (non-hydrogen) atoms. The molecule has 0 aliphatic heterocycles. The Bertz CT molecular complexity index is 541. The van der Waals surface area contributed by atoms with Crippen LogP contribution >= 0.6 is 0 Å². The summed E-state index contributed by atoms with van der Waals surface area (Å²) in [5.74, 6) is 2.11. The first-order chi connectivity index (χ1) is 9.06. The van der Waals surface area contributed by atoms with Crippen molar-refractivity contribution in [3.8, 4) is 0 Å². The van der Waals surface area contributed by atoms with Crippen molar-refractivity contribution >= 4 is 10.0 Å². The van der Waals surface area contributed by atoms with Crippen LogP contribution in [0.1, 0.15) is 32.6 Å². The highest BCUT2D eigenvalue weighted by Crippen LogP contribution is 2.49. The number of benzene rings is 1. The number of rotatable bonds is 4. The van der Waals surface area contributed by atoms with Crippen LogP contribution in [0, 0.1) is 17.8 Å². The van der Waals surface area contributed by atoms with Crippen molar-refractivity contribution in [2.75, 3.05) is 0 Å². The first-order valence-electron chi connectivity index (χ1n) is 7.13. The maximum Gasteiger partial charge on any atom is 0.240 e. The molecule has 2 saturated carbocycles. The van der Waals surface area contributed by atoms with Gasteiger partial charge in [0.25, 0.3) is 0 Å². The predicted octanol–water partition coefficient (Wildman–Crippen LogP) is 2.79. The largest absolute Gasteiger partial charge is 0.240 e. The zero-order chi connectivity index (χ0) is 13.5. The van der Waals surface area contributed by atoms with Gasteiger partial charge in [-0.2, -0.15) is 0 Å². The minimum atomic E-state index is -3.36. The standard InChI is InChI=1S/C15H21NO2S/c1-11(15-10-12-7-8-13(15)9-12)16-19(17,18)14-5-3-2-4-6-14/h2-6,11-13,15-16H,7-10H2,1H3/t11-,12+,13+,15+/m1/s1. The van der Waals surface area contributed by atoms with Crippen molar-refractivity contribution < 1.29 is 8.42 Å². The van der Waals surface area contributed by atoms with Gasteiger partial charge in [-0.1, -0.05) is 24.6 Å². The van der Waals surface area contributed by atoms with Gasteiger partial charge in [-0.05, 0) is 56.1 Å². The van der Waals surface area contributed by atoms with Gasteiger partial charge < -0.3 is 0 Å². The second kappa shape index (κ2) is 4.91. The molecule has 2 bridgehead atoms. The minimum Gasteiger partial charge on any atom is -0.208 e. The highest BCUT2D eigenvalue weighted by molar-refractivity contribution is 7.89. The Morgan fingerprint density at radius 2 is 1.89 bits per heavy atom. The van der Waals surface area contributed by atoms with Gasteiger partial charge in [-0.15, -0.1) is 0 Å². The van der Waals surface area contributed by atoms with E-state index < -0.39 is 10.0 Å². The molecule has 3 nitrogen and oxygen atoms in total. The fraction of sp³-hybridized carbons (Fsp3) is 0.600. The lowest BCUT2D eigenvalue weighted by molar-refractivity contribution is 0.280. The van der Waals surface area contributed by atoms with Crippen LogP contribution in [0.5, 0.6) is 0 Å². The van der Waals surface area contributed by atoms with Gasteiger partial charge in [0.2, 0.25) is 10.0 Å². The lowest BCUT2D eigenvalue weighted by Crippen LogP contribution is -2.40. The van der Waals surface area contributed by atoms with Gasteiger partial charge in [0.1, 0.15) is 0 Å². The molecular formula is C15H21NO2S. The van der Waals surface area contributed by atoms with E-state index in [2.05, 4.69) is 4.72 Å². The van der Waals surface area contributed by atoms with E-state index in [1.165, 1.54) is 25.7 Å². The second-order valence-electron chi connectivity index (χ2n) is 6.06. The number of fused-ring (bicyclic) bond motifs is 2. The van der Waals surface area contributed by atoms with E-state index in [0.717, 1.165) is 11.8 Å². The molecule has 0 heterocycles. The van der Waals surface area contributed by atoms with Crippen molar-refractivity contribution in [1.29, 1.82) is 0 Å². The molecule has 3 rings (SSSR count). The third kappa shape index (κ3) is 2.56. The lowest BCUT2D eigenvalue weighted by atomic mass is 9.84. The molecule has 0 unspecified atom stereocenters. The molecule has 4 atom stereocenters. The summed E-state index contributed by atoms with van der Waals surface area (Å²) < 4.78 is 27.5. The van der Waals surface area contributed by atoms with Crippen molar-refractivity contribution in [2.45, 2.75) is 43.5 Å². The van der Waals surface area contributed by atoms with Gasteiger partial charge in [0.05, 0.1) is 4.90 Å². The van der Waals surface area contributed by atoms with Gasteiger partial charge in [0, 0.05) is 6.04 Å². The van der Waals surface area contributed by atoms with Crippen molar-refractivity contribution in [2.24, 2.45) is 17.8 Å². The second-order valence-corrected chi connectivity index (χ2v) is 7.78. The normalized spacial score (nSPS) is 31.5. The molecule has 1 aromatic rings. The predicted molar refractivity (Wildman–Crippen MR) is 75.2 cm³/mol. The quantitative estimate of drug-likeness (QED) is 0.921. The fourth-order valence-corrected chi connectivity index (χ4v) is 5.22. The molecule has 2 fully saturated rings. The van der Waals surface area contributed by atoms with Crippen LogP contribution in [0.25, 0.3) is 0 Å². The van der Waals surface area contributed by atoms with Crippen molar-refractivity contribution in [3.05, 3.63) is 30.3 Å². The van der Waals surface area contributed by atoms with E-state index in [1.807, 2.05) is 13.0 Å². The molecule has 1 aromatic carbocycles. The highest BCUT2D eigenvalue weighted by Gasteiger charge is 2.42. The van der Waals surface area contributed by atoms with Crippen LogP contribution in [0.3, 0.4) is 0 Å². The molecule has 0 amide bonds. The Hall–Kier alpha value is -0.870. The summed E-state index contributed by atoms with van der Waals surface area (Å²) in [6, 6.07) is 8.69. The SMILES string of the molecule is C[C@@H](NS(=O)(=O)c1ccccc1)[C@@H]1C[C@H]2CC[C@H]1C2. The summed E-state index contributed by atoms with van der Waals surface area (Å²) in [7, 11) is -3.36. The first-order valence-corrected chi connectivity index (χ1v) is 8.62. The molecule has 0 radical (unpaired) electrons. The zero-order valence-electron chi connectivity index (χ0n) is 11.2. The van der Waals surface area contributed by atoms with Crippen LogP contribution < -0.4 is 4.72 Å². The number of nitrogens with one attached hydrogen (secondary N) is 1. The van der Waals surface area contributed by atoms with Crippen LogP contribution in [-0.4, -0.2) is 14.5 Å². The summed E-state index contributed by atoms with van der Waals surface area (Å²) in [4.78, 5) is 0.366. The Labute approximate surface area is 115 Å². The molecule has 4 heteroatoms. The Kier molecular flexibility index (Phi) is 3.39. The summed E-state index contributed by atoms with van der Waals surface area (Å²) in [5, 5.41) is 0. The van der Waals surface area contributed by atoms with E-state index in [1.54, 1.807) is 24.3 Å². The monoisotopic (exact) mass is 279 g/mol. The maximum atomic E-state index is 12.3. The van der Waals surface area contributed by atoms with Gasteiger partial charge in [-0.3, -0.25) is 0 Å². The zero-order valence-corrected chi connectivity index (χ0v) is 12.1. The summed E-state index contributed by atoms with van der Waals surface area (Å²) in [6.07, 6.45) is 5.14. The van der Waals surface area contributed by atoms with Crippen LogP contribution in [0.2, 0.25) is 0 Å². The Morgan fingerprint density at radius 3 is 2.47 bits per heavy atom. The number of hydrogen-bond donors (Lipinski definition) is 1. The molecule has 104 valence electrons. The third-order valence-electron chi connectivity index (χ3n) is 4.83. The molecule has 2 aliphatic carbocycles. The van der Waals surface area contributed by atoms with E-state index in [0.29, 0.717) is 10.8 Å². The van der Waals surface area contributed by atoms with Gasteiger partial charge >= 0.3 is 0 Å². The van der Waals surface area contributed by atoms with Crippen LogP contribution in [0.15, 0.2) is 35.2 Å². The molecule has 0 aromatic heterocycles. The number of hydrogen-bond acceptors (Lipinski definition) is 2. The third-order valence-corrected chi connectivity index (χ3v) is 6.40. The van der Waals surface area contributed by atoms with E-state index in [9.17, 15) is 8.42 Å². The Balaban J connectivity index is 1.71.